The SMILES string of the molecule is CCCCCCC(F)COc1ccc(C(=O)O)c(C)c1. The van der Waals surface area contributed by atoms with E-state index in [4.69, 9.17) is 9.84 Å². The Labute approximate surface area is 119 Å². The summed E-state index contributed by atoms with van der Waals surface area (Å²) in [5.74, 6) is -0.447. The smallest absolute Gasteiger partial charge is 0.335 e. The van der Waals surface area contributed by atoms with Gasteiger partial charge in [-0.2, -0.15) is 0 Å². The summed E-state index contributed by atoms with van der Waals surface area (Å²) in [6.07, 6.45) is 3.78. The van der Waals surface area contributed by atoms with Crippen molar-refractivity contribution in [2.75, 3.05) is 6.61 Å². The molecular formula is C16H23FO3. The Kier molecular flexibility index (Phi) is 7.05. The zero-order valence-electron chi connectivity index (χ0n) is 12.2. The molecule has 1 aromatic rings. The summed E-state index contributed by atoms with van der Waals surface area (Å²) in [6.45, 7) is 3.85. The Morgan fingerprint density at radius 3 is 2.70 bits per heavy atom. The molecule has 0 heterocycles. The van der Waals surface area contributed by atoms with Gasteiger partial charge in [-0.25, -0.2) is 9.18 Å². The van der Waals surface area contributed by atoms with Crippen LogP contribution in [0.5, 0.6) is 5.75 Å². The molecule has 20 heavy (non-hydrogen) atoms. The highest BCUT2D eigenvalue weighted by Crippen LogP contribution is 2.18. The number of hydrogen-bond donors (Lipinski definition) is 1. The minimum atomic E-state index is -0.966. The number of ether oxygens (including phenoxy) is 1. The lowest BCUT2D eigenvalue weighted by Crippen LogP contribution is -2.13. The first kappa shape index (κ1) is 16.5. The minimum Gasteiger partial charge on any atom is -0.491 e. The van der Waals surface area contributed by atoms with Crippen LogP contribution in [0.1, 0.15) is 54.9 Å². The summed E-state index contributed by atoms with van der Waals surface area (Å²) in [7, 11) is 0. The van der Waals surface area contributed by atoms with Crippen molar-refractivity contribution in [3.8, 4) is 5.75 Å². The van der Waals surface area contributed by atoms with Crippen LogP contribution in [0.25, 0.3) is 0 Å². The summed E-state index contributed by atoms with van der Waals surface area (Å²) in [4.78, 5) is 10.9. The third kappa shape index (κ3) is 5.59. The molecule has 0 radical (unpaired) electrons. The lowest BCUT2D eigenvalue weighted by atomic mass is 10.1. The van der Waals surface area contributed by atoms with Crippen molar-refractivity contribution in [2.24, 2.45) is 0 Å². The molecule has 0 amide bonds. The number of carboxylic acid groups (broad SMARTS) is 1. The first-order valence-electron chi connectivity index (χ1n) is 7.15. The maximum Gasteiger partial charge on any atom is 0.335 e. The van der Waals surface area contributed by atoms with Gasteiger partial charge >= 0.3 is 5.97 Å². The van der Waals surface area contributed by atoms with E-state index in [0.717, 1.165) is 25.7 Å². The second-order valence-corrected chi connectivity index (χ2v) is 5.04. The topological polar surface area (TPSA) is 46.5 Å². The highest BCUT2D eigenvalue weighted by atomic mass is 19.1. The summed E-state index contributed by atoms with van der Waals surface area (Å²) in [5.41, 5.74) is 0.863. The number of aromatic carboxylic acids is 1. The van der Waals surface area contributed by atoms with Crippen molar-refractivity contribution >= 4 is 5.97 Å². The standard InChI is InChI=1S/C16H23FO3/c1-3-4-5-6-7-13(17)11-20-14-8-9-15(16(18)19)12(2)10-14/h8-10,13H,3-7,11H2,1-2H3,(H,18,19). The number of halogens is 1. The number of aryl methyl sites for hydroxylation is 1. The Balaban J connectivity index is 2.38. The highest BCUT2D eigenvalue weighted by Gasteiger charge is 2.10. The zero-order chi connectivity index (χ0) is 15.0. The van der Waals surface area contributed by atoms with E-state index in [1.807, 2.05) is 0 Å². The molecule has 1 atom stereocenters. The maximum absolute atomic E-state index is 13.6. The molecule has 0 saturated heterocycles. The summed E-state index contributed by atoms with van der Waals surface area (Å²) >= 11 is 0. The third-order valence-electron chi connectivity index (χ3n) is 3.23. The van der Waals surface area contributed by atoms with E-state index < -0.39 is 12.1 Å². The van der Waals surface area contributed by atoms with Crippen LogP contribution in [0.15, 0.2) is 18.2 Å². The molecule has 1 unspecified atom stereocenters. The van der Waals surface area contributed by atoms with Gasteiger partial charge in [0.2, 0.25) is 0 Å². The van der Waals surface area contributed by atoms with Gasteiger partial charge in [0.1, 0.15) is 18.5 Å². The lowest BCUT2D eigenvalue weighted by Gasteiger charge is -2.11. The van der Waals surface area contributed by atoms with Gasteiger partial charge < -0.3 is 9.84 Å². The van der Waals surface area contributed by atoms with Crippen LogP contribution in [-0.4, -0.2) is 23.9 Å². The molecule has 0 aliphatic rings. The summed E-state index contributed by atoms with van der Waals surface area (Å²) < 4.78 is 19.0. The second-order valence-electron chi connectivity index (χ2n) is 5.04. The van der Waals surface area contributed by atoms with Gasteiger partial charge in [0.05, 0.1) is 5.56 Å². The molecule has 0 fully saturated rings. The van der Waals surface area contributed by atoms with E-state index in [0.29, 0.717) is 17.7 Å². The van der Waals surface area contributed by atoms with Crippen molar-refractivity contribution in [1.82, 2.24) is 0 Å². The average molecular weight is 282 g/mol. The van der Waals surface area contributed by atoms with E-state index in [-0.39, 0.29) is 12.2 Å². The van der Waals surface area contributed by atoms with Gasteiger partial charge in [-0.05, 0) is 37.1 Å². The van der Waals surface area contributed by atoms with Crippen LogP contribution >= 0.6 is 0 Å². The van der Waals surface area contributed by atoms with E-state index in [1.165, 1.54) is 6.07 Å². The quantitative estimate of drug-likeness (QED) is 0.684. The molecule has 0 spiro atoms. The fraction of sp³-hybridized carbons (Fsp3) is 0.562. The third-order valence-corrected chi connectivity index (χ3v) is 3.23. The number of unbranched alkanes of at least 4 members (excludes halogenated alkanes) is 3. The molecule has 0 aromatic heterocycles. The summed E-state index contributed by atoms with van der Waals surface area (Å²) in [5, 5.41) is 8.91. The normalized spacial score (nSPS) is 12.2. The molecule has 0 saturated carbocycles. The van der Waals surface area contributed by atoms with E-state index in [2.05, 4.69) is 6.92 Å². The number of carbonyl (C=O) groups is 1. The van der Waals surface area contributed by atoms with Gasteiger partial charge in [0.15, 0.2) is 0 Å². The molecular weight excluding hydrogens is 259 g/mol. The average Bonchev–Trinajstić information content (AvgIpc) is 2.41. The Morgan fingerprint density at radius 2 is 2.10 bits per heavy atom. The van der Waals surface area contributed by atoms with Crippen LogP contribution < -0.4 is 4.74 Å². The molecule has 1 N–H and O–H groups in total. The maximum atomic E-state index is 13.6. The second kappa shape index (κ2) is 8.56. The number of carboxylic acids is 1. The van der Waals surface area contributed by atoms with Gasteiger partial charge in [-0.1, -0.05) is 32.6 Å². The number of alkyl halides is 1. The molecule has 0 aliphatic carbocycles. The Bertz CT molecular complexity index is 432. The predicted octanol–water partition coefficient (Wildman–Crippen LogP) is 4.38. The van der Waals surface area contributed by atoms with E-state index in [9.17, 15) is 9.18 Å². The van der Waals surface area contributed by atoms with Crippen molar-refractivity contribution < 1.29 is 19.0 Å². The minimum absolute atomic E-state index is 0.0258. The lowest BCUT2D eigenvalue weighted by molar-refractivity contribution is 0.0696. The van der Waals surface area contributed by atoms with Crippen LogP contribution in [-0.2, 0) is 0 Å². The van der Waals surface area contributed by atoms with Gasteiger partial charge in [0, 0.05) is 0 Å². The molecule has 1 rings (SSSR count). The number of hydrogen-bond acceptors (Lipinski definition) is 2. The van der Waals surface area contributed by atoms with E-state index >= 15 is 0 Å². The molecule has 1 aromatic carbocycles. The van der Waals surface area contributed by atoms with E-state index in [1.54, 1.807) is 19.1 Å². The van der Waals surface area contributed by atoms with Gasteiger partial charge in [-0.15, -0.1) is 0 Å². The van der Waals surface area contributed by atoms with Crippen LogP contribution in [0.2, 0.25) is 0 Å². The first-order valence-corrected chi connectivity index (χ1v) is 7.15. The highest BCUT2D eigenvalue weighted by molar-refractivity contribution is 5.89. The Hall–Kier alpha value is -1.58. The fourth-order valence-corrected chi connectivity index (χ4v) is 2.03. The molecule has 0 bridgehead atoms. The fourth-order valence-electron chi connectivity index (χ4n) is 2.03. The van der Waals surface area contributed by atoms with Gasteiger partial charge in [-0.3, -0.25) is 0 Å². The summed E-state index contributed by atoms with van der Waals surface area (Å²) in [6, 6.07) is 4.69. The number of benzene rings is 1. The van der Waals surface area contributed by atoms with Crippen molar-refractivity contribution in [2.45, 2.75) is 52.1 Å². The molecule has 112 valence electrons. The predicted molar refractivity (Wildman–Crippen MR) is 77.3 cm³/mol. The van der Waals surface area contributed by atoms with Crippen molar-refractivity contribution in [3.05, 3.63) is 29.3 Å². The van der Waals surface area contributed by atoms with Crippen LogP contribution in [0.3, 0.4) is 0 Å². The zero-order valence-corrected chi connectivity index (χ0v) is 12.2. The first-order chi connectivity index (χ1) is 9.54. The monoisotopic (exact) mass is 282 g/mol. The van der Waals surface area contributed by atoms with Gasteiger partial charge in [0.25, 0.3) is 0 Å². The number of rotatable bonds is 9. The molecule has 4 heteroatoms. The van der Waals surface area contributed by atoms with Crippen molar-refractivity contribution in [3.63, 3.8) is 0 Å². The van der Waals surface area contributed by atoms with Crippen molar-refractivity contribution in [1.29, 1.82) is 0 Å². The molecule has 0 aliphatic heterocycles. The largest absolute Gasteiger partial charge is 0.491 e. The van der Waals surface area contributed by atoms with Crippen LogP contribution in [0.4, 0.5) is 4.39 Å². The molecule has 3 nitrogen and oxygen atoms in total. The van der Waals surface area contributed by atoms with Crippen LogP contribution in [0, 0.1) is 6.92 Å². The Morgan fingerprint density at radius 1 is 1.35 bits per heavy atom.